The van der Waals surface area contributed by atoms with Crippen LogP contribution in [0.3, 0.4) is 0 Å². The Balaban J connectivity index is 2.65. The number of aromatic amines is 1. The van der Waals surface area contributed by atoms with Gasteiger partial charge in [-0.15, -0.1) is 0 Å². The number of methoxy groups -OCH3 is 1. The van der Waals surface area contributed by atoms with Gasteiger partial charge in [-0.25, -0.2) is 4.98 Å². The zero-order valence-corrected chi connectivity index (χ0v) is 9.99. The van der Waals surface area contributed by atoms with E-state index in [9.17, 15) is 0 Å². The average molecular weight is 266 g/mol. The van der Waals surface area contributed by atoms with Crippen LogP contribution in [0.15, 0.2) is 18.2 Å². The standard InChI is InChI=1S/C9H7Cl3N2O/c1-15-6-4-2-3-5-7(6)14-8(13-5)9(10,11)12/h2-4H,1H3,(H,13,14). The number of alkyl halides is 3. The fourth-order valence-electron chi connectivity index (χ4n) is 1.30. The summed E-state index contributed by atoms with van der Waals surface area (Å²) in [5, 5.41) is 0. The Kier molecular flexibility index (Phi) is 2.71. The van der Waals surface area contributed by atoms with Crippen molar-refractivity contribution in [2.24, 2.45) is 0 Å². The van der Waals surface area contributed by atoms with Gasteiger partial charge in [-0.05, 0) is 12.1 Å². The summed E-state index contributed by atoms with van der Waals surface area (Å²) in [5.74, 6) is 0.927. The number of aromatic nitrogens is 2. The van der Waals surface area contributed by atoms with Crippen LogP contribution in [0.25, 0.3) is 11.0 Å². The van der Waals surface area contributed by atoms with Crippen molar-refractivity contribution in [3.8, 4) is 5.75 Å². The highest BCUT2D eigenvalue weighted by atomic mass is 35.6. The SMILES string of the molecule is COc1cccc2[nH]c(C(Cl)(Cl)Cl)nc12. The van der Waals surface area contributed by atoms with Gasteiger partial charge in [0.05, 0.1) is 12.6 Å². The number of halogens is 3. The van der Waals surface area contributed by atoms with Crippen LogP contribution in [0.5, 0.6) is 5.75 Å². The molecule has 0 saturated heterocycles. The highest BCUT2D eigenvalue weighted by molar-refractivity contribution is 6.66. The molecule has 2 rings (SSSR count). The second kappa shape index (κ2) is 3.74. The Hall–Kier alpha value is -0.640. The molecule has 0 amide bonds. The van der Waals surface area contributed by atoms with E-state index in [2.05, 4.69) is 9.97 Å². The van der Waals surface area contributed by atoms with Gasteiger partial charge in [0.2, 0.25) is 3.79 Å². The molecule has 1 aromatic heterocycles. The highest BCUT2D eigenvalue weighted by Crippen LogP contribution is 2.38. The van der Waals surface area contributed by atoms with Crippen LogP contribution in [0, 0.1) is 0 Å². The molecule has 0 aliphatic carbocycles. The van der Waals surface area contributed by atoms with E-state index >= 15 is 0 Å². The Morgan fingerprint density at radius 1 is 1.33 bits per heavy atom. The quantitative estimate of drug-likeness (QED) is 0.803. The first-order valence-corrected chi connectivity index (χ1v) is 5.25. The maximum atomic E-state index is 5.72. The summed E-state index contributed by atoms with van der Waals surface area (Å²) in [6.07, 6.45) is 0. The van der Waals surface area contributed by atoms with E-state index in [0.29, 0.717) is 11.3 Å². The fourth-order valence-corrected chi connectivity index (χ4v) is 1.57. The molecule has 0 aliphatic heterocycles. The normalized spacial score (nSPS) is 12.0. The maximum Gasteiger partial charge on any atom is 0.248 e. The number of H-pyrrole nitrogens is 1. The lowest BCUT2D eigenvalue weighted by molar-refractivity contribution is 0.419. The smallest absolute Gasteiger partial charge is 0.248 e. The minimum absolute atomic E-state index is 0.284. The van der Waals surface area contributed by atoms with Crippen molar-refractivity contribution in [2.45, 2.75) is 3.79 Å². The molecule has 80 valence electrons. The van der Waals surface area contributed by atoms with Crippen LogP contribution in [-0.2, 0) is 3.79 Å². The number of imidazole rings is 1. The molecule has 0 aliphatic rings. The van der Waals surface area contributed by atoms with Gasteiger partial charge in [-0.1, -0.05) is 40.9 Å². The van der Waals surface area contributed by atoms with Crippen molar-refractivity contribution in [3.63, 3.8) is 0 Å². The zero-order valence-electron chi connectivity index (χ0n) is 7.72. The molecule has 1 N–H and O–H groups in total. The van der Waals surface area contributed by atoms with Gasteiger partial charge >= 0.3 is 0 Å². The third kappa shape index (κ3) is 2.00. The van der Waals surface area contributed by atoms with Gasteiger partial charge in [0.15, 0.2) is 5.82 Å². The van der Waals surface area contributed by atoms with E-state index in [-0.39, 0.29) is 5.82 Å². The molecule has 2 aromatic rings. The molecule has 6 heteroatoms. The van der Waals surface area contributed by atoms with Gasteiger partial charge in [0, 0.05) is 0 Å². The first-order valence-electron chi connectivity index (χ1n) is 4.12. The van der Waals surface area contributed by atoms with Crippen molar-refractivity contribution in [3.05, 3.63) is 24.0 Å². The van der Waals surface area contributed by atoms with Crippen LogP contribution in [0.1, 0.15) is 5.82 Å². The molecule has 0 spiro atoms. The summed E-state index contributed by atoms with van der Waals surface area (Å²) < 4.78 is 3.59. The second-order valence-electron chi connectivity index (χ2n) is 2.94. The highest BCUT2D eigenvalue weighted by Gasteiger charge is 2.27. The predicted octanol–water partition coefficient (Wildman–Crippen LogP) is 3.40. The number of ether oxygens (including phenoxy) is 1. The molecule has 15 heavy (non-hydrogen) atoms. The molecule has 0 fully saturated rings. The molecule has 0 radical (unpaired) electrons. The molecular weight excluding hydrogens is 258 g/mol. The van der Waals surface area contributed by atoms with E-state index < -0.39 is 3.79 Å². The molecule has 0 bridgehead atoms. The summed E-state index contributed by atoms with van der Waals surface area (Å²) in [6.45, 7) is 0. The van der Waals surface area contributed by atoms with E-state index in [1.807, 2.05) is 12.1 Å². The minimum Gasteiger partial charge on any atom is -0.494 e. The van der Waals surface area contributed by atoms with E-state index in [4.69, 9.17) is 39.5 Å². The maximum absolute atomic E-state index is 5.72. The second-order valence-corrected chi connectivity index (χ2v) is 5.22. The molecular formula is C9H7Cl3N2O. The number of rotatable bonds is 1. The number of nitrogens with one attached hydrogen (secondary N) is 1. The van der Waals surface area contributed by atoms with Crippen molar-refractivity contribution < 1.29 is 4.74 Å². The topological polar surface area (TPSA) is 37.9 Å². The van der Waals surface area contributed by atoms with Crippen molar-refractivity contribution in [2.75, 3.05) is 7.11 Å². The largest absolute Gasteiger partial charge is 0.494 e. The van der Waals surface area contributed by atoms with Crippen molar-refractivity contribution in [1.29, 1.82) is 0 Å². The lowest BCUT2D eigenvalue weighted by atomic mass is 10.3. The Morgan fingerprint density at radius 3 is 2.67 bits per heavy atom. The molecule has 0 atom stereocenters. The van der Waals surface area contributed by atoms with Gasteiger partial charge in [0.25, 0.3) is 0 Å². The fraction of sp³-hybridized carbons (Fsp3) is 0.222. The van der Waals surface area contributed by atoms with Crippen LogP contribution in [0.2, 0.25) is 0 Å². The minimum atomic E-state index is -1.55. The summed E-state index contributed by atoms with van der Waals surface area (Å²) in [7, 11) is 1.57. The van der Waals surface area contributed by atoms with Crippen molar-refractivity contribution >= 4 is 45.8 Å². The van der Waals surface area contributed by atoms with E-state index in [1.54, 1.807) is 13.2 Å². The Labute approximate surface area is 101 Å². The number of benzene rings is 1. The lowest BCUT2D eigenvalue weighted by Gasteiger charge is -2.04. The average Bonchev–Trinajstić information content (AvgIpc) is 2.59. The van der Waals surface area contributed by atoms with E-state index in [1.165, 1.54) is 0 Å². The predicted molar refractivity (Wildman–Crippen MR) is 61.9 cm³/mol. The van der Waals surface area contributed by atoms with Gasteiger partial charge in [-0.2, -0.15) is 0 Å². The molecule has 1 heterocycles. The number of nitrogens with zero attached hydrogens (tertiary/aromatic N) is 1. The lowest BCUT2D eigenvalue weighted by Crippen LogP contribution is -2.02. The van der Waals surface area contributed by atoms with Gasteiger partial charge in [-0.3, -0.25) is 0 Å². The third-order valence-electron chi connectivity index (χ3n) is 1.96. The summed E-state index contributed by atoms with van der Waals surface area (Å²) in [5.41, 5.74) is 1.43. The number of hydrogen-bond acceptors (Lipinski definition) is 2. The first-order chi connectivity index (χ1) is 7.02. The van der Waals surface area contributed by atoms with Gasteiger partial charge in [0.1, 0.15) is 11.3 Å². The van der Waals surface area contributed by atoms with Crippen LogP contribution in [0.4, 0.5) is 0 Å². The zero-order chi connectivity index (χ0) is 11.1. The summed E-state index contributed by atoms with van der Waals surface area (Å²) >= 11 is 17.2. The number of para-hydroxylation sites is 1. The van der Waals surface area contributed by atoms with Crippen LogP contribution in [-0.4, -0.2) is 17.1 Å². The molecule has 0 unspecified atom stereocenters. The monoisotopic (exact) mass is 264 g/mol. The molecule has 1 aromatic carbocycles. The molecule has 3 nitrogen and oxygen atoms in total. The Morgan fingerprint density at radius 2 is 2.07 bits per heavy atom. The Bertz CT molecular complexity index is 490. The number of hydrogen-bond donors (Lipinski definition) is 1. The van der Waals surface area contributed by atoms with E-state index in [0.717, 1.165) is 5.52 Å². The van der Waals surface area contributed by atoms with Crippen LogP contribution >= 0.6 is 34.8 Å². The summed E-state index contributed by atoms with van der Waals surface area (Å²) in [6, 6.07) is 5.47. The molecule has 0 saturated carbocycles. The summed E-state index contributed by atoms with van der Waals surface area (Å²) in [4.78, 5) is 7.10. The van der Waals surface area contributed by atoms with Crippen LogP contribution < -0.4 is 4.74 Å². The van der Waals surface area contributed by atoms with Crippen molar-refractivity contribution in [1.82, 2.24) is 9.97 Å². The van der Waals surface area contributed by atoms with Gasteiger partial charge < -0.3 is 9.72 Å². The number of fused-ring (bicyclic) bond motifs is 1. The first kappa shape index (κ1) is 10.9. The third-order valence-corrected chi connectivity index (χ3v) is 2.50.